The van der Waals surface area contributed by atoms with Gasteiger partial charge in [0.05, 0.1) is 11.0 Å². The van der Waals surface area contributed by atoms with Gasteiger partial charge >= 0.3 is 0 Å². The minimum atomic E-state index is 0.618. The molecule has 7 nitrogen and oxygen atoms in total. The van der Waals surface area contributed by atoms with Crippen LogP contribution >= 0.6 is 11.9 Å². The van der Waals surface area contributed by atoms with E-state index in [1.807, 2.05) is 30.3 Å². The number of aromatic amines is 1. The predicted octanol–water partition coefficient (Wildman–Crippen LogP) is 2.68. The Bertz CT molecular complexity index is 790. The maximum Gasteiger partial charge on any atom is 0.205 e. The van der Waals surface area contributed by atoms with Gasteiger partial charge in [-0.1, -0.05) is 12.1 Å². The van der Waals surface area contributed by atoms with Crippen LogP contribution in [0.1, 0.15) is 10.4 Å². The van der Waals surface area contributed by atoms with Crippen LogP contribution in [0.3, 0.4) is 0 Å². The Labute approximate surface area is 137 Å². The molecule has 8 heteroatoms. The largest absolute Gasteiger partial charge is 0.326 e. The minimum absolute atomic E-state index is 0.618. The van der Waals surface area contributed by atoms with E-state index in [9.17, 15) is 4.79 Å². The molecule has 2 aromatic carbocycles. The lowest BCUT2D eigenvalue weighted by molar-refractivity contribution is 0.112. The van der Waals surface area contributed by atoms with E-state index >= 15 is 0 Å². The number of H-pyrrole nitrogens is 1. The summed E-state index contributed by atoms with van der Waals surface area (Å²) < 4.78 is 0. The number of hydrogen-bond acceptors (Lipinski definition) is 7. The zero-order valence-corrected chi connectivity index (χ0v) is 13.2. The quantitative estimate of drug-likeness (QED) is 0.283. The van der Waals surface area contributed by atoms with Gasteiger partial charge in [0, 0.05) is 23.2 Å². The summed E-state index contributed by atoms with van der Waals surface area (Å²) in [4.78, 5) is 19.3. The van der Waals surface area contributed by atoms with Gasteiger partial charge in [0.15, 0.2) is 0 Å². The normalized spacial score (nSPS) is 10.0. The summed E-state index contributed by atoms with van der Waals surface area (Å²) in [5.41, 5.74) is 4.95. The molecule has 0 unspecified atom stereocenters. The number of anilines is 2. The number of nitrogens with zero attached hydrogens (tertiary/aromatic N) is 1. The van der Waals surface area contributed by atoms with E-state index in [-0.39, 0.29) is 0 Å². The number of fused-ring (bicyclic) bond motifs is 1. The fourth-order valence-electron chi connectivity index (χ4n) is 1.95. The molecule has 0 bridgehead atoms. The summed E-state index contributed by atoms with van der Waals surface area (Å²) in [7, 11) is 1.43. The van der Waals surface area contributed by atoms with Gasteiger partial charge in [-0.3, -0.25) is 9.93 Å². The van der Waals surface area contributed by atoms with Crippen LogP contribution in [-0.4, -0.2) is 28.5 Å². The second-order valence-corrected chi connectivity index (χ2v) is 5.18. The first-order valence-electron chi connectivity index (χ1n) is 6.69. The molecule has 0 atom stereocenters. The number of aldehydes is 1. The summed E-state index contributed by atoms with van der Waals surface area (Å²) in [5, 5.41) is 16.0. The van der Waals surface area contributed by atoms with Gasteiger partial charge in [0.1, 0.15) is 6.29 Å². The molecule has 6 N–H and O–H groups in total. The first kappa shape index (κ1) is 17.0. The zero-order chi connectivity index (χ0) is 16.7. The van der Waals surface area contributed by atoms with Gasteiger partial charge in [-0.05, 0) is 42.3 Å². The number of carbonyl (C=O) groups excluding carboxylic acids is 1. The van der Waals surface area contributed by atoms with Crippen molar-refractivity contribution in [3.05, 3.63) is 48.0 Å². The first-order valence-corrected chi connectivity index (χ1v) is 7.57. The molecule has 0 spiro atoms. The first-order chi connectivity index (χ1) is 11.2. The number of hydroxylamine groups is 1. The van der Waals surface area contributed by atoms with E-state index in [4.69, 9.17) is 10.3 Å². The van der Waals surface area contributed by atoms with Crippen molar-refractivity contribution >= 4 is 40.9 Å². The van der Waals surface area contributed by atoms with Crippen LogP contribution in [0.5, 0.6) is 0 Å². The summed E-state index contributed by atoms with van der Waals surface area (Å²) in [5.74, 6) is 0.627. The third-order valence-corrected chi connectivity index (χ3v) is 3.40. The van der Waals surface area contributed by atoms with Gasteiger partial charge in [-0.15, -0.1) is 0 Å². The number of rotatable bonds is 4. The van der Waals surface area contributed by atoms with Crippen LogP contribution < -0.4 is 15.9 Å². The molecule has 0 aliphatic heterocycles. The molecular weight excluding hydrogens is 314 g/mol. The van der Waals surface area contributed by atoms with Gasteiger partial charge in [0.25, 0.3) is 0 Å². The summed E-state index contributed by atoms with van der Waals surface area (Å²) >= 11 is 1.19. The van der Waals surface area contributed by atoms with E-state index in [1.165, 1.54) is 19.0 Å². The molecule has 0 aliphatic carbocycles. The molecule has 0 saturated heterocycles. The van der Waals surface area contributed by atoms with E-state index in [0.29, 0.717) is 11.5 Å². The summed E-state index contributed by atoms with van der Waals surface area (Å²) in [6, 6.07) is 13.0. The highest BCUT2D eigenvalue weighted by Gasteiger charge is 2.04. The Morgan fingerprint density at radius 2 is 2.09 bits per heavy atom. The Kier molecular flexibility index (Phi) is 6.12. The molecule has 0 fully saturated rings. The second kappa shape index (κ2) is 8.30. The van der Waals surface area contributed by atoms with Crippen LogP contribution in [0.15, 0.2) is 47.4 Å². The highest BCUT2D eigenvalue weighted by Crippen LogP contribution is 2.22. The summed E-state index contributed by atoms with van der Waals surface area (Å²) in [6.07, 6.45) is 0.814. The minimum Gasteiger partial charge on any atom is -0.326 e. The average Bonchev–Trinajstić information content (AvgIpc) is 2.96. The van der Waals surface area contributed by atoms with Gasteiger partial charge in [0.2, 0.25) is 5.95 Å². The van der Waals surface area contributed by atoms with E-state index in [1.54, 1.807) is 17.6 Å². The monoisotopic (exact) mass is 331 g/mol. The van der Waals surface area contributed by atoms with Crippen LogP contribution in [0.4, 0.5) is 11.6 Å². The number of carbonyl (C=O) groups is 1. The molecule has 0 aliphatic rings. The fraction of sp³-hybridized carbons (Fsp3) is 0.0667. The highest BCUT2D eigenvalue weighted by atomic mass is 32.2. The predicted molar refractivity (Wildman–Crippen MR) is 92.1 cm³/mol. The molecule has 3 aromatic rings. The van der Waals surface area contributed by atoms with Crippen LogP contribution in [0.2, 0.25) is 0 Å². The van der Waals surface area contributed by atoms with E-state index in [2.05, 4.69) is 15.3 Å². The van der Waals surface area contributed by atoms with Gasteiger partial charge < -0.3 is 15.5 Å². The summed E-state index contributed by atoms with van der Waals surface area (Å²) in [6.45, 7) is 0. The van der Waals surface area contributed by atoms with Crippen molar-refractivity contribution < 1.29 is 10.0 Å². The fourth-order valence-corrected chi connectivity index (χ4v) is 2.28. The van der Waals surface area contributed by atoms with Crippen molar-refractivity contribution in [2.24, 2.45) is 5.14 Å². The van der Waals surface area contributed by atoms with Crippen molar-refractivity contribution in [3.63, 3.8) is 0 Å². The molecule has 120 valence electrons. The SMILES string of the molecule is CNO.NSc1ccc2nc(Nc3cccc(C=O)c3)[nH]c2c1. The highest BCUT2D eigenvalue weighted by molar-refractivity contribution is 7.97. The number of nitrogens with one attached hydrogen (secondary N) is 3. The topological polar surface area (TPSA) is 116 Å². The molecule has 0 amide bonds. The van der Waals surface area contributed by atoms with E-state index < -0.39 is 0 Å². The maximum atomic E-state index is 10.8. The van der Waals surface area contributed by atoms with Crippen molar-refractivity contribution in [2.75, 3.05) is 12.4 Å². The smallest absolute Gasteiger partial charge is 0.205 e. The van der Waals surface area contributed by atoms with Crippen LogP contribution in [0, 0.1) is 0 Å². The standard InChI is InChI=1S/C14H12N4OS.CH5NO/c15-20-11-4-5-12-13(7-11)18-14(17-12)16-10-3-1-2-9(6-10)8-19;1-2-3/h1-8H,15H2,(H2,16,17,18);2-3H,1H3. The third-order valence-electron chi connectivity index (χ3n) is 2.87. The lowest BCUT2D eigenvalue weighted by Crippen LogP contribution is -1.93. The van der Waals surface area contributed by atoms with Crippen LogP contribution in [-0.2, 0) is 0 Å². The average molecular weight is 331 g/mol. The number of hydrogen-bond donors (Lipinski definition) is 5. The maximum absolute atomic E-state index is 10.8. The van der Waals surface area contributed by atoms with Crippen molar-refractivity contribution in [1.29, 1.82) is 0 Å². The van der Waals surface area contributed by atoms with E-state index in [0.717, 1.165) is 27.9 Å². The Balaban J connectivity index is 0.000000595. The number of nitrogens with two attached hydrogens (primary N) is 1. The molecule has 1 aromatic heterocycles. The van der Waals surface area contributed by atoms with Crippen LogP contribution in [0.25, 0.3) is 11.0 Å². The molecular formula is C15H17N5O2S. The third kappa shape index (κ3) is 4.54. The molecule has 0 saturated carbocycles. The molecule has 1 heterocycles. The molecule has 23 heavy (non-hydrogen) atoms. The number of benzene rings is 2. The Morgan fingerprint density at radius 3 is 2.78 bits per heavy atom. The molecule has 0 radical (unpaired) electrons. The van der Waals surface area contributed by atoms with Gasteiger partial charge in [-0.2, -0.15) is 0 Å². The molecule has 3 rings (SSSR count). The van der Waals surface area contributed by atoms with Gasteiger partial charge in [-0.25, -0.2) is 10.5 Å². The zero-order valence-electron chi connectivity index (χ0n) is 12.4. The van der Waals surface area contributed by atoms with Crippen molar-refractivity contribution in [1.82, 2.24) is 15.4 Å². The van der Waals surface area contributed by atoms with Crippen molar-refractivity contribution in [2.45, 2.75) is 4.90 Å². The van der Waals surface area contributed by atoms with Crippen molar-refractivity contribution in [3.8, 4) is 0 Å². The number of imidazole rings is 1. The second-order valence-electron chi connectivity index (χ2n) is 4.47. The lowest BCUT2D eigenvalue weighted by atomic mass is 10.2. The Morgan fingerprint density at radius 1 is 1.30 bits per heavy atom. The lowest BCUT2D eigenvalue weighted by Gasteiger charge is -2.02. The number of aromatic nitrogens is 2. The Hall–Kier alpha value is -2.39.